The Morgan fingerprint density at radius 3 is 2.62 bits per heavy atom. The molecular formula is C12H18N2O2. The number of hydrogen-bond donors (Lipinski definition) is 2. The highest BCUT2D eigenvalue weighted by Gasteiger charge is 2.14. The molecule has 0 fully saturated rings. The molecule has 0 aliphatic carbocycles. The van der Waals surface area contributed by atoms with E-state index < -0.39 is 6.04 Å². The third-order valence-corrected chi connectivity index (χ3v) is 2.19. The van der Waals surface area contributed by atoms with Crippen LogP contribution in [0.1, 0.15) is 12.0 Å². The van der Waals surface area contributed by atoms with Gasteiger partial charge in [0.2, 0.25) is 0 Å². The van der Waals surface area contributed by atoms with E-state index in [1.807, 2.05) is 30.3 Å². The van der Waals surface area contributed by atoms with E-state index in [4.69, 9.17) is 16.2 Å². The summed E-state index contributed by atoms with van der Waals surface area (Å²) in [6.07, 6.45) is 1.17. The van der Waals surface area contributed by atoms with E-state index in [9.17, 15) is 4.79 Å². The molecule has 0 aromatic heterocycles. The first-order chi connectivity index (χ1) is 7.74. The summed E-state index contributed by atoms with van der Waals surface area (Å²) in [5.74, 6) is -0.364. The molecule has 0 spiro atoms. The van der Waals surface area contributed by atoms with Gasteiger partial charge in [0.25, 0.3) is 0 Å². The Hall–Kier alpha value is -1.39. The minimum atomic E-state index is -0.597. The van der Waals surface area contributed by atoms with Crippen molar-refractivity contribution in [2.24, 2.45) is 11.5 Å². The monoisotopic (exact) mass is 222 g/mol. The summed E-state index contributed by atoms with van der Waals surface area (Å²) in [5.41, 5.74) is 12.1. The molecule has 0 aliphatic heterocycles. The lowest BCUT2D eigenvalue weighted by molar-refractivity contribution is -0.145. The van der Waals surface area contributed by atoms with Crippen molar-refractivity contribution in [3.05, 3.63) is 35.9 Å². The molecule has 16 heavy (non-hydrogen) atoms. The van der Waals surface area contributed by atoms with Crippen molar-refractivity contribution in [1.29, 1.82) is 0 Å². The Morgan fingerprint density at radius 2 is 2.00 bits per heavy atom. The molecule has 4 N–H and O–H groups in total. The first-order valence-corrected chi connectivity index (χ1v) is 5.40. The standard InChI is InChI=1S/C12H18N2O2/c13-7-4-8-16-12(15)11(14)9-10-5-2-1-3-6-10/h1-3,5-6,11H,4,7-9,13-14H2/t11-/m0/s1. The van der Waals surface area contributed by atoms with Gasteiger partial charge >= 0.3 is 5.97 Å². The summed E-state index contributed by atoms with van der Waals surface area (Å²) in [6, 6.07) is 9.04. The summed E-state index contributed by atoms with van der Waals surface area (Å²) in [7, 11) is 0. The topological polar surface area (TPSA) is 78.3 Å². The summed E-state index contributed by atoms with van der Waals surface area (Å²) in [5, 5.41) is 0. The highest BCUT2D eigenvalue weighted by molar-refractivity contribution is 5.75. The normalized spacial score (nSPS) is 12.1. The van der Waals surface area contributed by atoms with E-state index in [1.54, 1.807) is 0 Å². The van der Waals surface area contributed by atoms with Crippen LogP contribution in [-0.2, 0) is 16.0 Å². The van der Waals surface area contributed by atoms with E-state index in [1.165, 1.54) is 0 Å². The largest absolute Gasteiger partial charge is 0.464 e. The van der Waals surface area contributed by atoms with Gasteiger partial charge in [-0.1, -0.05) is 30.3 Å². The number of esters is 1. The van der Waals surface area contributed by atoms with Crippen LogP contribution in [0.25, 0.3) is 0 Å². The second kappa shape index (κ2) is 6.98. The Kier molecular flexibility index (Phi) is 5.53. The minimum Gasteiger partial charge on any atom is -0.464 e. The second-order valence-corrected chi connectivity index (χ2v) is 3.61. The third-order valence-electron chi connectivity index (χ3n) is 2.19. The molecule has 0 saturated heterocycles. The smallest absolute Gasteiger partial charge is 0.323 e. The average molecular weight is 222 g/mol. The van der Waals surface area contributed by atoms with Crippen molar-refractivity contribution < 1.29 is 9.53 Å². The van der Waals surface area contributed by atoms with Crippen LogP contribution in [0.15, 0.2) is 30.3 Å². The van der Waals surface area contributed by atoms with Crippen LogP contribution < -0.4 is 11.5 Å². The lowest BCUT2D eigenvalue weighted by Gasteiger charge is -2.11. The van der Waals surface area contributed by atoms with Gasteiger partial charge in [-0.05, 0) is 24.9 Å². The van der Waals surface area contributed by atoms with E-state index in [-0.39, 0.29) is 5.97 Å². The van der Waals surface area contributed by atoms with Gasteiger partial charge in [0.05, 0.1) is 6.61 Å². The van der Waals surface area contributed by atoms with Gasteiger partial charge < -0.3 is 16.2 Å². The lowest BCUT2D eigenvalue weighted by Crippen LogP contribution is -2.34. The maximum Gasteiger partial charge on any atom is 0.323 e. The molecule has 0 saturated carbocycles. The molecule has 0 heterocycles. The number of rotatable bonds is 6. The van der Waals surface area contributed by atoms with Gasteiger partial charge in [-0.25, -0.2) is 0 Å². The summed E-state index contributed by atoms with van der Waals surface area (Å²) in [4.78, 5) is 11.4. The molecule has 4 nitrogen and oxygen atoms in total. The Balaban J connectivity index is 2.34. The molecule has 0 amide bonds. The number of hydrogen-bond acceptors (Lipinski definition) is 4. The van der Waals surface area contributed by atoms with Gasteiger partial charge in [0, 0.05) is 0 Å². The number of ether oxygens (including phenoxy) is 1. The van der Waals surface area contributed by atoms with Crippen molar-refractivity contribution in [2.75, 3.05) is 13.2 Å². The van der Waals surface area contributed by atoms with Gasteiger partial charge in [-0.15, -0.1) is 0 Å². The molecule has 0 unspecified atom stereocenters. The summed E-state index contributed by atoms with van der Waals surface area (Å²) in [6.45, 7) is 0.860. The second-order valence-electron chi connectivity index (χ2n) is 3.61. The zero-order valence-electron chi connectivity index (χ0n) is 9.26. The van der Waals surface area contributed by atoms with Crippen LogP contribution in [0.2, 0.25) is 0 Å². The maximum absolute atomic E-state index is 11.4. The Bertz CT molecular complexity index is 314. The van der Waals surface area contributed by atoms with Crippen LogP contribution in [0, 0.1) is 0 Å². The van der Waals surface area contributed by atoms with Crippen LogP contribution >= 0.6 is 0 Å². The SMILES string of the molecule is NCCCOC(=O)[C@@H](N)Cc1ccccc1. The van der Waals surface area contributed by atoms with Crippen molar-refractivity contribution in [3.8, 4) is 0 Å². The molecule has 4 heteroatoms. The molecule has 1 aromatic rings. The molecular weight excluding hydrogens is 204 g/mol. The van der Waals surface area contributed by atoms with Crippen molar-refractivity contribution in [3.63, 3.8) is 0 Å². The molecule has 0 aliphatic rings. The number of benzene rings is 1. The highest BCUT2D eigenvalue weighted by Crippen LogP contribution is 2.02. The quantitative estimate of drug-likeness (QED) is 0.541. The molecule has 1 rings (SSSR count). The molecule has 1 aromatic carbocycles. The summed E-state index contributed by atoms with van der Waals surface area (Å²) < 4.78 is 4.97. The Labute approximate surface area is 95.6 Å². The summed E-state index contributed by atoms with van der Waals surface area (Å²) >= 11 is 0. The van der Waals surface area contributed by atoms with Gasteiger partial charge in [0.15, 0.2) is 0 Å². The predicted octanol–water partition coefficient (Wildman–Crippen LogP) is 0.448. The maximum atomic E-state index is 11.4. The number of carbonyl (C=O) groups is 1. The first kappa shape index (κ1) is 12.7. The zero-order valence-corrected chi connectivity index (χ0v) is 9.26. The van der Waals surface area contributed by atoms with E-state index in [0.29, 0.717) is 26.0 Å². The molecule has 0 bridgehead atoms. The molecule has 1 atom stereocenters. The number of carbonyl (C=O) groups excluding carboxylic acids is 1. The van der Waals surface area contributed by atoms with E-state index >= 15 is 0 Å². The lowest BCUT2D eigenvalue weighted by atomic mass is 10.1. The fourth-order valence-electron chi connectivity index (χ4n) is 1.31. The van der Waals surface area contributed by atoms with Crippen LogP contribution in [-0.4, -0.2) is 25.2 Å². The van der Waals surface area contributed by atoms with Gasteiger partial charge in [-0.3, -0.25) is 4.79 Å². The Morgan fingerprint density at radius 1 is 1.31 bits per heavy atom. The zero-order chi connectivity index (χ0) is 11.8. The fraction of sp³-hybridized carbons (Fsp3) is 0.417. The highest BCUT2D eigenvalue weighted by atomic mass is 16.5. The van der Waals surface area contributed by atoms with Crippen LogP contribution in [0.4, 0.5) is 0 Å². The van der Waals surface area contributed by atoms with Gasteiger partial charge in [0.1, 0.15) is 6.04 Å². The van der Waals surface area contributed by atoms with Crippen LogP contribution in [0.5, 0.6) is 0 Å². The van der Waals surface area contributed by atoms with E-state index in [2.05, 4.69) is 0 Å². The third kappa shape index (κ3) is 4.42. The van der Waals surface area contributed by atoms with Crippen molar-refractivity contribution in [2.45, 2.75) is 18.9 Å². The van der Waals surface area contributed by atoms with Crippen molar-refractivity contribution >= 4 is 5.97 Å². The average Bonchev–Trinajstić information content (AvgIpc) is 2.30. The molecule has 0 radical (unpaired) electrons. The molecule has 88 valence electrons. The van der Waals surface area contributed by atoms with Crippen molar-refractivity contribution in [1.82, 2.24) is 0 Å². The number of nitrogens with two attached hydrogens (primary N) is 2. The van der Waals surface area contributed by atoms with Gasteiger partial charge in [-0.2, -0.15) is 0 Å². The van der Waals surface area contributed by atoms with Crippen LogP contribution in [0.3, 0.4) is 0 Å². The fourth-order valence-corrected chi connectivity index (χ4v) is 1.31. The predicted molar refractivity (Wildman–Crippen MR) is 62.8 cm³/mol. The first-order valence-electron chi connectivity index (χ1n) is 5.40. The minimum absolute atomic E-state index is 0.345. The van der Waals surface area contributed by atoms with E-state index in [0.717, 1.165) is 5.56 Å².